The van der Waals surface area contributed by atoms with E-state index >= 15 is 0 Å². The third kappa shape index (κ3) is 5.87. The predicted molar refractivity (Wildman–Crippen MR) is 98.5 cm³/mol. The Morgan fingerprint density at radius 2 is 1.68 bits per heavy atom. The lowest BCUT2D eigenvalue weighted by Crippen LogP contribution is -2.45. The minimum Gasteiger partial charge on any atom is -0.454 e. The Hall–Kier alpha value is -3.29. The highest BCUT2D eigenvalue weighted by atomic mass is 19.2. The first-order chi connectivity index (χ1) is 13.3. The summed E-state index contributed by atoms with van der Waals surface area (Å²) in [6.45, 7) is 2.80. The summed E-state index contributed by atoms with van der Waals surface area (Å²) in [5, 5.41) is 4.87. The summed E-state index contributed by atoms with van der Waals surface area (Å²) in [6, 6.07) is 10.3. The number of hydrogen-bond acceptors (Lipinski definition) is 4. The highest BCUT2D eigenvalue weighted by molar-refractivity contribution is 5.97. The molecule has 148 valence electrons. The molecule has 0 heterocycles. The molecule has 2 N–H and O–H groups in total. The zero-order valence-corrected chi connectivity index (χ0v) is 15.4. The SMILES string of the molecule is CC(C)[C@@H](NC(=O)c1ccccc1)C(=O)OCC(=O)Nc1ccc(F)c(F)c1. The summed E-state index contributed by atoms with van der Waals surface area (Å²) in [7, 11) is 0. The van der Waals surface area contributed by atoms with Crippen molar-refractivity contribution in [3.63, 3.8) is 0 Å². The van der Waals surface area contributed by atoms with Crippen molar-refractivity contribution in [1.29, 1.82) is 0 Å². The van der Waals surface area contributed by atoms with Crippen molar-refractivity contribution in [2.45, 2.75) is 19.9 Å². The Bertz CT molecular complexity index is 857. The van der Waals surface area contributed by atoms with Crippen molar-refractivity contribution < 1.29 is 27.9 Å². The summed E-state index contributed by atoms with van der Waals surface area (Å²) in [4.78, 5) is 36.4. The quantitative estimate of drug-likeness (QED) is 0.712. The van der Waals surface area contributed by atoms with Gasteiger partial charge in [-0.15, -0.1) is 0 Å². The van der Waals surface area contributed by atoms with Crippen LogP contribution in [0.4, 0.5) is 14.5 Å². The number of amides is 2. The van der Waals surface area contributed by atoms with Crippen molar-refractivity contribution in [3.8, 4) is 0 Å². The largest absolute Gasteiger partial charge is 0.454 e. The highest BCUT2D eigenvalue weighted by Crippen LogP contribution is 2.13. The van der Waals surface area contributed by atoms with Gasteiger partial charge in [-0.2, -0.15) is 0 Å². The maximum atomic E-state index is 13.1. The van der Waals surface area contributed by atoms with E-state index in [0.29, 0.717) is 5.56 Å². The van der Waals surface area contributed by atoms with Crippen LogP contribution in [0.1, 0.15) is 24.2 Å². The summed E-state index contributed by atoms with van der Waals surface area (Å²) in [5.74, 6) is -4.38. The number of ether oxygens (including phenoxy) is 1. The van der Waals surface area contributed by atoms with Gasteiger partial charge in [0.25, 0.3) is 11.8 Å². The standard InChI is InChI=1S/C20H20F2N2O4/c1-12(2)18(24-19(26)13-6-4-3-5-7-13)20(27)28-11-17(25)23-14-8-9-15(21)16(22)10-14/h3-10,12,18H,11H2,1-2H3,(H,23,25)(H,24,26)/t18-/m1/s1. The molecule has 2 amide bonds. The molecular weight excluding hydrogens is 370 g/mol. The van der Waals surface area contributed by atoms with E-state index in [1.54, 1.807) is 44.2 Å². The van der Waals surface area contributed by atoms with Gasteiger partial charge >= 0.3 is 5.97 Å². The Morgan fingerprint density at radius 3 is 2.29 bits per heavy atom. The molecule has 6 nitrogen and oxygen atoms in total. The molecule has 28 heavy (non-hydrogen) atoms. The Kier molecular flexibility index (Phi) is 7.20. The lowest BCUT2D eigenvalue weighted by atomic mass is 10.0. The van der Waals surface area contributed by atoms with Crippen molar-refractivity contribution in [2.75, 3.05) is 11.9 Å². The number of rotatable bonds is 7. The van der Waals surface area contributed by atoms with Gasteiger partial charge in [-0.1, -0.05) is 32.0 Å². The van der Waals surface area contributed by atoms with Crippen molar-refractivity contribution >= 4 is 23.5 Å². The van der Waals surface area contributed by atoms with E-state index in [1.807, 2.05) is 0 Å². The van der Waals surface area contributed by atoms with Gasteiger partial charge in [0.2, 0.25) is 0 Å². The van der Waals surface area contributed by atoms with Crippen LogP contribution in [0, 0.1) is 17.6 Å². The molecule has 0 aliphatic heterocycles. The number of anilines is 1. The van der Waals surface area contributed by atoms with E-state index in [1.165, 1.54) is 6.07 Å². The number of benzene rings is 2. The molecule has 2 aromatic carbocycles. The molecule has 0 saturated heterocycles. The van der Waals surface area contributed by atoms with Crippen LogP contribution in [-0.4, -0.2) is 30.4 Å². The highest BCUT2D eigenvalue weighted by Gasteiger charge is 2.26. The first-order valence-electron chi connectivity index (χ1n) is 8.55. The molecule has 0 unspecified atom stereocenters. The van der Waals surface area contributed by atoms with Gasteiger partial charge in [-0.05, 0) is 30.2 Å². The van der Waals surface area contributed by atoms with Gasteiger partial charge in [0.1, 0.15) is 6.04 Å². The Labute approximate surface area is 160 Å². The van der Waals surface area contributed by atoms with Gasteiger partial charge in [-0.3, -0.25) is 9.59 Å². The second kappa shape index (κ2) is 9.59. The maximum absolute atomic E-state index is 13.1. The van der Waals surface area contributed by atoms with E-state index in [0.717, 1.165) is 12.1 Å². The number of esters is 1. The fourth-order valence-electron chi connectivity index (χ4n) is 2.31. The zero-order chi connectivity index (χ0) is 20.7. The molecule has 2 rings (SSSR count). The van der Waals surface area contributed by atoms with Crippen LogP contribution in [0.25, 0.3) is 0 Å². The van der Waals surface area contributed by atoms with Gasteiger partial charge in [0.05, 0.1) is 0 Å². The fraction of sp³-hybridized carbons (Fsp3) is 0.250. The van der Waals surface area contributed by atoms with Crippen LogP contribution < -0.4 is 10.6 Å². The molecule has 0 aromatic heterocycles. The normalized spacial score (nSPS) is 11.6. The third-order valence-corrected chi connectivity index (χ3v) is 3.79. The zero-order valence-electron chi connectivity index (χ0n) is 15.4. The van der Waals surface area contributed by atoms with Crippen LogP contribution in [0.5, 0.6) is 0 Å². The van der Waals surface area contributed by atoms with Gasteiger partial charge in [-0.25, -0.2) is 13.6 Å². The van der Waals surface area contributed by atoms with Crippen LogP contribution in [0.15, 0.2) is 48.5 Å². The Morgan fingerprint density at radius 1 is 1.00 bits per heavy atom. The lowest BCUT2D eigenvalue weighted by Gasteiger charge is -2.20. The lowest BCUT2D eigenvalue weighted by molar-refractivity contribution is -0.150. The van der Waals surface area contributed by atoms with E-state index in [4.69, 9.17) is 4.74 Å². The van der Waals surface area contributed by atoms with Crippen LogP contribution >= 0.6 is 0 Å². The second-order valence-corrected chi connectivity index (χ2v) is 6.35. The number of nitrogens with one attached hydrogen (secondary N) is 2. The second-order valence-electron chi connectivity index (χ2n) is 6.35. The smallest absolute Gasteiger partial charge is 0.329 e. The molecule has 8 heteroatoms. The number of carbonyl (C=O) groups excluding carboxylic acids is 3. The van der Waals surface area contributed by atoms with E-state index in [9.17, 15) is 23.2 Å². The van der Waals surface area contributed by atoms with Gasteiger partial charge < -0.3 is 15.4 Å². The minimum absolute atomic E-state index is 0.0257. The van der Waals surface area contributed by atoms with Crippen molar-refractivity contribution in [1.82, 2.24) is 5.32 Å². The molecular formula is C20H20F2N2O4. The molecule has 0 fully saturated rings. The topological polar surface area (TPSA) is 84.5 Å². The summed E-state index contributed by atoms with van der Waals surface area (Å²) in [6.07, 6.45) is 0. The molecule has 0 radical (unpaired) electrons. The van der Waals surface area contributed by atoms with Gasteiger partial charge in [0, 0.05) is 17.3 Å². The number of hydrogen-bond donors (Lipinski definition) is 2. The van der Waals surface area contributed by atoms with Crippen LogP contribution in [-0.2, 0) is 14.3 Å². The molecule has 0 aliphatic carbocycles. The van der Waals surface area contributed by atoms with E-state index < -0.39 is 42.1 Å². The molecule has 0 bridgehead atoms. The summed E-state index contributed by atoms with van der Waals surface area (Å²) in [5.41, 5.74) is 0.412. The average molecular weight is 390 g/mol. The molecule has 1 atom stereocenters. The molecule has 0 saturated carbocycles. The third-order valence-electron chi connectivity index (χ3n) is 3.79. The molecule has 2 aromatic rings. The van der Waals surface area contributed by atoms with Gasteiger partial charge in [0.15, 0.2) is 18.2 Å². The number of halogens is 2. The first kappa shape index (κ1) is 21.0. The van der Waals surface area contributed by atoms with Crippen LogP contribution in [0.2, 0.25) is 0 Å². The predicted octanol–water partition coefficient (Wildman–Crippen LogP) is 2.90. The fourth-order valence-corrected chi connectivity index (χ4v) is 2.31. The van der Waals surface area contributed by atoms with E-state index in [2.05, 4.69) is 10.6 Å². The maximum Gasteiger partial charge on any atom is 0.329 e. The van der Waals surface area contributed by atoms with Crippen molar-refractivity contribution in [2.24, 2.45) is 5.92 Å². The summed E-state index contributed by atoms with van der Waals surface area (Å²) < 4.78 is 31.0. The van der Waals surface area contributed by atoms with Crippen LogP contribution in [0.3, 0.4) is 0 Å². The first-order valence-corrected chi connectivity index (χ1v) is 8.55. The van der Waals surface area contributed by atoms with E-state index in [-0.39, 0.29) is 11.6 Å². The Balaban J connectivity index is 1.91. The molecule has 0 spiro atoms. The van der Waals surface area contributed by atoms with Crippen molar-refractivity contribution in [3.05, 3.63) is 65.7 Å². The summed E-state index contributed by atoms with van der Waals surface area (Å²) >= 11 is 0. The number of carbonyl (C=O) groups is 3. The monoisotopic (exact) mass is 390 g/mol. The average Bonchev–Trinajstić information content (AvgIpc) is 2.67. The molecule has 0 aliphatic rings. The minimum atomic E-state index is -1.11.